The Hall–Kier alpha value is -1.96. The van der Waals surface area contributed by atoms with Crippen LogP contribution < -0.4 is 4.74 Å². The first kappa shape index (κ1) is 18.8. The van der Waals surface area contributed by atoms with Crippen LogP contribution in [0.15, 0.2) is 18.2 Å². The lowest BCUT2D eigenvalue weighted by Crippen LogP contribution is -2.55. The van der Waals surface area contributed by atoms with Crippen LogP contribution in [0.25, 0.3) is 0 Å². The molecular weight excluding hydrogens is 340 g/mol. The predicted molar refractivity (Wildman–Crippen MR) is 91.2 cm³/mol. The minimum atomic E-state index is -1.03. The Morgan fingerprint density at radius 3 is 2.77 bits per heavy atom. The molecule has 1 saturated carbocycles. The lowest BCUT2D eigenvalue weighted by atomic mass is 9.86. The van der Waals surface area contributed by atoms with E-state index < -0.39 is 23.8 Å². The van der Waals surface area contributed by atoms with E-state index in [0.29, 0.717) is 36.1 Å². The van der Waals surface area contributed by atoms with E-state index in [1.807, 2.05) is 0 Å². The molecule has 26 heavy (non-hydrogen) atoms. The normalized spacial score (nSPS) is 30.6. The molecule has 1 aromatic carbocycles. The van der Waals surface area contributed by atoms with Gasteiger partial charge in [-0.3, -0.25) is 4.79 Å². The van der Waals surface area contributed by atoms with Crippen LogP contribution in [-0.2, 0) is 19.0 Å². The van der Waals surface area contributed by atoms with Crippen LogP contribution in [0.4, 0.5) is 0 Å². The number of hydrogen-bond acceptors (Lipinski definition) is 7. The summed E-state index contributed by atoms with van der Waals surface area (Å²) in [6.45, 7) is 1.91. The van der Waals surface area contributed by atoms with Crippen LogP contribution in [-0.4, -0.2) is 55.5 Å². The van der Waals surface area contributed by atoms with Crippen LogP contribution in [0.3, 0.4) is 0 Å². The Morgan fingerprint density at radius 1 is 1.38 bits per heavy atom. The summed E-state index contributed by atoms with van der Waals surface area (Å²) >= 11 is 0. The Balaban J connectivity index is 1.98. The van der Waals surface area contributed by atoms with Crippen LogP contribution in [0.1, 0.15) is 48.2 Å². The van der Waals surface area contributed by atoms with Crippen molar-refractivity contribution in [3.8, 4) is 5.75 Å². The van der Waals surface area contributed by atoms with Crippen molar-refractivity contribution in [2.24, 2.45) is 0 Å². The van der Waals surface area contributed by atoms with Crippen molar-refractivity contribution in [1.29, 1.82) is 0 Å². The van der Waals surface area contributed by atoms with Gasteiger partial charge >= 0.3 is 5.97 Å². The molecule has 1 N–H and O–H groups in total. The molecular formula is C19H24O7. The van der Waals surface area contributed by atoms with E-state index in [0.717, 1.165) is 0 Å². The molecule has 4 unspecified atom stereocenters. The van der Waals surface area contributed by atoms with Crippen molar-refractivity contribution in [3.05, 3.63) is 29.3 Å². The summed E-state index contributed by atoms with van der Waals surface area (Å²) in [5.41, 5.74) is -0.108. The van der Waals surface area contributed by atoms with E-state index in [-0.39, 0.29) is 18.5 Å². The zero-order chi connectivity index (χ0) is 18.9. The smallest absolute Gasteiger partial charge is 0.337 e. The monoisotopic (exact) mass is 364 g/mol. The molecule has 3 rings (SSSR count). The zero-order valence-corrected chi connectivity index (χ0v) is 15.2. The van der Waals surface area contributed by atoms with Gasteiger partial charge in [-0.2, -0.15) is 0 Å². The summed E-state index contributed by atoms with van der Waals surface area (Å²) in [6.07, 6.45) is -0.596. The second kappa shape index (κ2) is 7.34. The number of carbonyl (C=O) groups excluding carboxylic acids is 2. The molecule has 142 valence electrons. The Labute approximate surface area is 152 Å². The van der Waals surface area contributed by atoms with Crippen LogP contribution >= 0.6 is 0 Å². The molecule has 1 fully saturated rings. The highest BCUT2D eigenvalue weighted by Gasteiger charge is 2.48. The number of ether oxygens (including phenoxy) is 4. The van der Waals surface area contributed by atoms with Crippen molar-refractivity contribution in [2.45, 2.75) is 50.1 Å². The van der Waals surface area contributed by atoms with E-state index in [2.05, 4.69) is 0 Å². The first-order valence-corrected chi connectivity index (χ1v) is 8.63. The van der Waals surface area contributed by atoms with E-state index >= 15 is 0 Å². The van der Waals surface area contributed by atoms with Crippen LogP contribution in [0.5, 0.6) is 5.75 Å². The van der Waals surface area contributed by atoms with E-state index in [1.165, 1.54) is 14.2 Å². The maximum atomic E-state index is 11.9. The highest BCUT2D eigenvalue weighted by atomic mass is 16.6. The largest absolute Gasteiger partial charge is 0.482 e. The lowest BCUT2D eigenvalue weighted by molar-refractivity contribution is -0.173. The number of rotatable bonds is 5. The summed E-state index contributed by atoms with van der Waals surface area (Å²) in [4.78, 5) is 23.5. The van der Waals surface area contributed by atoms with Crippen molar-refractivity contribution in [3.63, 3.8) is 0 Å². The number of benzene rings is 1. The first-order chi connectivity index (χ1) is 12.4. The van der Waals surface area contributed by atoms with Gasteiger partial charge in [0, 0.05) is 25.5 Å². The summed E-state index contributed by atoms with van der Waals surface area (Å²) in [7, 11) is 2.84. The van der Waals surface area contributed by atoms with Crippen molar-refractivity contribution in [1.82, 2.24) is 0 Å². The average molecular weight is 364 g/mol. The van der Waals surface area contributed by atoms with Gasteiger partial charge in [0.15, 0.2) is 5.60 Å². The number of fused-ring (bicyclic) bond motifs is 1. The van der Waals surface area contributed by atoms with Gasteiger partial charge in [-0.05, 0) is 31.5 Å². The molecule has 0 amide bonds. The molecule has 4 atom stereocenters. The van der Waals surface area contributed by atoms with Crippen molar-refractivity contribution >= 4 is 11.8 Å². The fraction of sp³-hybridized carbons (Fsp3) is 0.579. The highest BCUT2D eigenvalue weighted by Crippen LogP contribution is 2.44. The molecule has 0 spiro atoms. The van der Waals surface area contributed by atoms with Crippen molar-refractivity contribution in [2.75, 3.05) is 20.8 Å². The number of hydrogen-bond donors (Lipinski definition) is 1. The highest BCUT2D eigenvalue weighted by molar-refractivity contribution is 5.89. The molecule has 1 aliphatic heterocycles. The van der Waals surface area contributed by atoms with Gasteiger partial charge < -0.3 is 24.1 Å². The topological polar surface area (TPSA) is 91.3 Å². The second-order valence-electron chi connectivity index (χ2n) is 7.00. The third kappa shape index (κ3) is 3.47. The number of Topliss-reactive ketones (excluding diaryl/α,β-unsaturated/α-hetero) is 1. The fourth-order valence-electron chi connectivity index (χ4n) is 3.56. The molecule has 1 aromatic rings. The minimum Gasteiger partial charge on any atom is -0.482 e. The van der Waals surface area contributed by atoms with Crippen molar-refractivity contribution < 1.29 is 33.6 Å². The zero-order valence-electron chi connectivity index (χ0n) is 15.2. The molecule has 0 saturated heterocycles. The standard InChI is InChI=1S/C19H24O7/c1-19(10-23-2)17(21)16(25-13-6-5-12(20)9-13)14-8-11(18(22)24-3)4-7-15(14)26-19/h4,7-8,13,16-17,21H,5-6,9-10H2,1-3H3. The number of aliphatic hydroxyl groups excluding tert-OH is 1. The molecule has 7 heteroatoms. The SMILES string of the molecule is COCC1(C)Oc2ccc(C(=O)OC)cc2C(OC2CCC(=O)C2)C1O. The van der Waals surface area contributed by atoms with Crippen LogP contribution in [0.2, 0.25) is 0 Å². The molecule has 0 radical (unpaired) electrons. The van der Waals surface area contributed by atoms with Gasteiger partial charge in [0.2, 0.25) is 0 Å². The Bertz CT molecular complexity index is 701. The number of carbonyl (C=O) groups is 2. The Kier molecular flexibility index (Phi) is 5.32. The van der Waals surface area contributed by atoms with Gasteiger partial charge in [-0.1, -0.05) is 0 Å². The molecule has 2 aliphatic rings. The summed E-state index contributed by atoms with van der Waals surface area (Å²) in [5, 5.41) is 10.9. The van der Waals surface area contributed by atoms with Gasteiger partial charge in [-0.25, -0.2) is 4.79 Å². The van der Waals surface area contributed by atoms with E-state index in [4.69, 9.17) is 18.9 Å². The molecule has 1 aliphatic carbocycles. The van der Waals surface area contributed by atoms with Gasteiger partial charge in [0.25, 0.3) is 0 Å². The number of aliphatic hydroxyl groups is 1. The molecule has 1 heterocycles. The molecule has 0 aromatic heterocycles. The molecule has 0 bridgehead atoms. The van der Waals surface area contributed by atoms with E-state index in [1.54, 1.807) is 25.1 Å². The lowest BCUT2D eigenvalue weighted by Gasteiger charge is -2.44. The second-order valence-corrected chi connectivity index (χ2v) is 7.00. The average Bonchev–Trinajstić information content (AvgIpc) is 3.03. The third-order valence-corrected chi connectivity index (χ3v) is 4.96. The van der Waals surface area contributed by atoms with Crippen LogP contribution in [0, 0.1) is 0 Å². The fourth-order valence-corrected chi connectivity index (χ4v) is 3.56. The van der Waals surface area contributed by atoms with Gasteiger partial charge in [0.05, 0.1) is 25.4 Å². The number of methoxy groups -OCH3 is 2. The summed E-state index contributed by atoms with van der Waals surface area (Å²) in [6, 6.07) is 4.88. The maximum absolute atomic E-state index is 11.9. The maximum Gasteiger partial charge on any atom is 0.337 e. The molecule has 7 nitrogen and oxygen atoms in total. The predicted octanol–water partition coefficient (Wildman–Crippen LogP) is 1.81. The van der Waals surface area contributed by atoms with Gasteiger partial charge in [0.1, 0.15) is 23.7 Å². The first-order valence-electron chi connectivity index (χ1n) is 8.63. The summed E-state index contributed by atoms with van der Waals surface area (Å²) in [5.74, 6) is 0.180. The Morgan fingerprint density at radius 2 is 2.15 bits per heavy atom. The van der Waals surface area contributed by atoms with Gasteiger partial charge in [-0.15, -0.1) is 0 Å². The number of ketones is 1. The third-order valence-electron chi connectivity index (χ3n) is 4.96. The number of esters is 1. The quantitative estimate of drug-likeness (QED) is 0.797. The van der Waals surface area contributed by atoms with E-state index in [9.17, 15) is 14.7 Å². The summed E-state index contributed by atoms with van der Waals surface area (Å²) < 4.78 is 22.1. The minimum absolute atomic E-state index is 0.153.